The lowest BCUT2D eigenvalue weighted by atomic mass is 9.97. The van der Waals surface area contributed by atoms with Crippen molar-refractivity contribution in [2.45, 2.75) is 38.3 Å². The molecule has 0 aromatic heterocycles. The van der Waals surface area contributed by atoms with Crippen LogP contribution in [0.4, 0.5) is 0 Å². The van der Waals surface area contributed by atoms with Crippen molar-refractivity contribution in [1.29, 1.82) is 0 Å². The molecule has 124 valence electrons. The van der Waals surface area contributed by atoms with E-state index in [-0.39, 0.29) is 11.9 Å². The first kappa shape index (κ1) is 16.0. The number of likely N-dealkylation sites (tertiary alicyclic amines) is 1. The van der Waals surface area contributed by atoms with E-state index in [0.717, 1.165) is 37.9 Å². The van der Waals surface area contributed by atoms with E-state index < -0.39 is 5.91 Å². The van der Waals surface area contributed by atoms with Gasteiger partial charge in [0.15, 0.2) is 0 Å². The number of hydrazine groups is 1. The third-order valence-corrected chi connectivity index (χ3v) is 4.72. The van der Waals surface area contributed by atoms with Gasteiger partial charge < -0.3 is 10.6 Å². The Labute approximate surface area is 136 Å². The van der Waals surface area contributed by atoms with E-state index in [1.807, 2.05) is 23.1 Å². The fourth-order valence-corrected chi connectivity index (χ4v) is 3.48. The summed E-state index contributed by atoms with van der Waals surface area (Å²) in [7, 11) is 0. The Kier molecular flexibility index (Phi) is 4.63. The van der Waals surface area contributed by atoms with Crippen LogP contribution in [-0.2, 0) is 11.2 Å². The maximum Gasteiger partial charge on any atom is 0.248 e. The van der Waals surface area contributed by atoms with Gasteiger partial charge in [0, 0.05) is 24.7 Å². The van der Waals surface area contributed by atoms with Gasteiger partial charge in [-0.05, 0) is 49.8 Å². The third-order valence-electron chi connectivity index (χ3n) is 4.72. The molecular formula is C17H24N4O2. The van der Waals surface area contributed by atoms with Gasteiger partial charge in [-0.1, -0.05) is 12.1 Å². The van der Waals surface area contributed by atoms with E-state index in [4.69, 9.17) is 5.73 Å². The first-order valence-corrected chi connectivity index (χ1v) is 8.21. The fourth-order valence-electron chi connectivity index (χ4n) is 3.48. The Bertz CT molecular complexity index is 604. The van der Waals surface area contributed by atoms with Gasteiger partial charge >= 0.3 is 0 Å². The summed E-state index contributed by atoms with van der Waals surface area (Å²) in [5.74, 6) is 0.230. The number of nitrogens with one attached hydrogen (secondary N) is 2. The van der Waals surface area contributed by atoms with Crippen molar-refractivity contribution in [3.05, 3.63) is 35.4 Å². The average Bonchev–Trinajstić information content (AvgIpc) is 3.16. The van der Waals surface area contributed by atoms with Crippen LogP contribution in [0.1, 0.15) is 35.7 Å². The normalized spacial score (nSPS) is 27.3. The smallest absolute Gasteiger partial charge is 0.248 e. The van der Waals surface area contributed by atoms with E-state index in [2.05, 4.69) is 17.8 Å². The summed E-state index contributed by atoms with van der Waals surface area (Å²) < 4.78 is 0. The van der Waals surface area contributed by atoms with Crippen molar-refractivity contribution in [3.63, 3.8) is 0 Å². The van der Waals surface area contributed by atoms with Gasteiger partial charge in [-0.15, -0.1) is 0 Å². The molecule has 6 nitrogen and oxygen atoms in total. The van der Waals surface area contributed by atoms with Crippen LogP contribution in [0.25, 0.3) is 0 Å². The fraction of sp³-hybridized carbons (Fsp3) is 0.529. The van der Waals surface area contributed by atoms with Crippen molar-refractivity contribution in [1.82, 2.24) is 15.8 Å². The summed E-state index contributed by atoms with van der Waals surface area (Å²) in [6, 6.07) is 7.69. The zero-order valence-corrected chi connectivity index (χ0v) is 13.4. The number of rotatable bonds is 4. The Morgan fingerprint density at radius 3 is 2.87 bits per heavy atom. The monoisotopic (exact) mass is 316 g/mol. The Morgan fingerprint density at radius 1 is 1.35 bits per heavy atom. The predicted molar refractivity (Wildman–Crippen MR) is 87.5 cm³/mol. The Morgan fingerprint density at radius 2 is 2.17 bits per heavy atom. The number of nitrogens with zero attached hydrogens (tertiary/aromatic N) is 1. The van der Waals surface area contributed by atoms with Gasteiger partial charge in [-0.25, -0.2) is 5.43 Å². The topological polar surface area (TPSA) is 87.5 Å². The number of hydrogen-bond acceptors (Lipinski definition) is 4. The van der Waals surface area contributed by atoms with Gasteiger partial charge in [-0.3, -0.25) is 15.0 Å². The van der Waals surface area contributed by atoms with E-state index in [9.17, 15) is 9.59 Å². The summed E-state index contributed by atoms with van der Waals surface area (Å²) >= 11 is 0. The molecule has 6 heteroatoms. The van der Waals surface area contributed by atoms with Crippen molar-refractivity contribution >= 4 is 11.8 Å². The van der Waals surface area contributed by atoms with E-state index >= 15 is 0 Å². The average molecular weight is 316 g/mol. The predicted octanol–water partition coefficient (Wildman–Crippen LogP) is 0.432. The molecule has 2 aliphatic heterocycles. The zero-order valence-electron chi connectivity index (χ0n) is 13.4. The molecule has 1 aromatic rings. The molecule has 23 heavy (non-hydrogen) atoms. The van der Waals surface area contributed by atoms with Crippen LogP contribution in [0.5, 0.6) is 0 Å². The number of benzene rings is 1. The summed E-state index contributed by atoms with van der Waals surface area (Å²) in [4.78, 5) is 25.7. The van der Waals surface area contributed by atoms with Gasteiger partial charge in [-0.2, -0.15) is 0 Å². The highest BCUT2D eigenvalue weighted by molar-refractivity contribution is 5.92. The lowest BCUT2D eigenvalue weighted by Crippen LogP contribution is -2.44. The minimum Gasteiger partial charge on any atom is -0.366 e. The molecule has 2 heterocycles. The van der Waals surface area contributed by atoms with Crippen LogP contribution in [0, 0.1) is 5.92 Å². The molecular weight excluding hydrogens is 292 g/mol. The molecule has 1 aromatic carbocycles. The zero-order chi connectivity index (χ0) is 16.4. The van der Waals surface area contributed by atoms with Gasteiger partial charge in [0.25, 0.3) is 0 Å². The summed E-state index contributed by atoms with van der Waals surface area (Å²) in [6.07, 6.45) is 2.71. The molecule has 4 N–H and O–H groups in total. The number of carbonyl (C=O) groups excluding carboxylic acids is 2. The van der Waals surface area contributed by atoms with Crippen molar-refractivity contribution in [2.75, 3.05) is 13.1 Å². The first-order valence-electron chi connectivity index (χ1n) is 8.21. The summed E-state index contributed by atoms with van der Waals surface area (Å²) in [5, 5.41) is 0. The molecule has 3 atom stereocenters. The van der Waals surface area contributed by atoms with Crippen molar-refractivity contribution in [2.24, 2.45) is 11.7 Å². The van der Waals surface area contributed by atoms with Crippen LogP contribution in [-0.4, -0.2) is 41.9 Å². The second-order valence-corrected chi connectivity index (χ2v) is 6.69. The molecule has 2 fully saturated rings. The highest BCUT2D eigenvalue weighted by Gasteiger charge is 2.34. The molecule has 2 aliphatic rings. The standard InChI is InChI=1S/C17H24N4O2/c1-11-7-15(20-19-11)17(23)21-6-5-13(10-21)8-12-3-2-4-14(9-12)16(18)22/h2-4,9,11,13,15,19-20H,5-8,10H2,1H3,(H2,18,22). The van der Waals surface area contributed by atoms with Crippen LogP contribution >= 0.6 is 0 Å². The highest BCUT2D eigenvalue weighted by Crippen LogP contribution is 2.23. The van der Waals surface area contributed by atoms with Crippen molar-refractivity contribution < 1.29 is 9.59 Å². The van der Waals surface area contributed by atoms with E-state index in [0.29, 0.717) is 17.5 Å². The second kappa shape index (κ2) is 6.68. The lowest BCUT2D eigenvalue weighted by molar-refractivity contribution is -0.132. The maximum atomic E-state index is 12.5. The Balaban J connectivity index is 1.56. The third kappa shape index (κ3) is 3.71. The van der Waals surface area contributed by atoms with E-state index in [1.54, 1.807) is 6.07 Å². The molecule has 0 saturated carbocycles. The Hall–Kier alpha value is -1.92. The summed E-state index contributed by atoms with van der Waals surface area (Å²) in [5.41, 5.74) is 13.2. The van der Waals surface area contributed by atoms with Crippen LogP contribution in [0.2, 0.25) is 0 Å². The minimum absolute atomic E-state index is 0.109. The van der Waals surface area contributed by atoms with Crippen molar-refractivity contribution in [3.8, 4) is 0 Å². The molecule has 0 bridgehead atoms. The number of carbonyl (C=O) groups is 2. The number of amides is 2. The molecule has 2 saturated heterocycles. The van der Waals surface area contributed by atoms with Gasteiger partial charge in [0.2, 0.25) is 11.8 Å². The van der Waals surface area contributed by atoms with Gasteiger partial charge in [0.05, 0.1) is 0 Å². The summed E-state index contributed by atoms with van der Waals surface area (Å²) in [6.45, 7) is 3.66. The molecule has 3 unspecified atom stereocenters. The number of hydrogen-bond donors (Lipinski definition) is 3. The largest absolute Gasteiger partial charge is 0.366 e. The van der Waals surface area contributed by atoms with Crippen LogP contribution in [0.3, 0.4) is 0 Å². The minimum atomic E-state index is -0.399. The lowest BCUT2D eigenvalue weighted by Gasteiger charge is -2.20. The maximum absolute atomic E-state index is 12.5. The molecule has 0 aliphatic carbocycles. The molecule has 3 rings (SSSR count). The quantitative estimate of drug-likeness (QED) is 0.752. The van der Waals surface area contributed by atoms with Crippen LogP contribution in [0.15, 0.2) is 24.3 Å². The molecule has 2 amide bonds. The van der Waals surface area contributed by atoms with Gasteiger partial charge in [0.1, 0.15) is 6.04 Å². The number of primary amides is 1. The second-order valence-electron chi connectivity index (χ2n) is 6.69. The van der Waals surface area contributed by atoms with E-state index in [1.165, 1.54) is 0 Å². The molecule has 0 radical (unpaired) electrons. The number of nitrogens with two attached hydrogens (primary N) is 1. The highest BCUT2D eigenvalue weighted by atomic mass is 16.2. The van der Waals surface area contributed by atoms with Crippen LogP contribution < -0.4 is 16.6 Å². The molecule has 0 spiro atoms. The first-order chi connectivity index (χ1) is 11.0. The SMILES string of the molecule is CC1CC(C(=O)N2CCC(Cc3cccc(C(N)=O)c3)C2)NN1.